The van der Waals surface area contributed by atoms with Gasteiger partial charge in [-0.2, -0.15) is 0 Å². The largest absolute Gasteiger partial charge is 0.468 e. The fourth-order valence-corrected chi connectivity index (χ4v) is 6.57. The van der Waals surface area contributed by atoms with Gasteiger partial charge < -0.3 is 28.3 Å². The summed E-state index contributed by atoms with van der Waals surface area (Å²) in [5.74, 6) is -0.586. The van der Waals surface area contributed by atoms with E-state index in [1.807, 2.05) is 0 Å². The van der Waals surface area contributed by atoms with Crippen LogP contribution < -0.4 is 4.74 Å². The average Bonchev–Trinajstić information content (AvgIpc) is 3.31. The van der Waals surface area contributed by atoms with E-state index in [1.165, 1.54) is 18.4 Å². The maximum absolute atomic E-state index is 13.5. The normalized spacial score (nSPS) is 19.7. The summed E-state index contributed by atoms with van der Waals surface area (Å²) >= 11 is 1.32. The van der Waals surface area contributed by atoms with Crippen LogP contribution >= 0.6 is 11.3 Å². The number of aromatic nitrogens is 1. The first kappa shape index (κ1) is 34.8. The van der Waals surface area contributed by atoms with E-state index in [-0.39, 0.29) is 30.1 Å². The number of rotatable bonds is 7. The Kier molecular flexibility index (Phi) is 10.3. The van der Waals surface area contributed by atoms with E-state index in [0.29, 0.717) is 18.4 Å². The third-order valence-corrected chi connectivity index (χ3v) is 13.2. The summed E-state index contributed by atoms with van der Waals surface area (Å²) in [6, 6.07) is -1.27. The van der Waals surface area contributed by atoms with Gasteiger partial charge >= 0.3 is 18.2 Å². The van der Waals surface area contributed by atoms with Gasteiger partial charge in [-0.15, -0.1) is 0 Å². The quantitative estimate of drug-likeness (QED) is 0.151. The molecule has 2 bridgehead atoms. The molecule has 0 spiro atoms. The monoisotopic (exact) mass is 639 g/mol. The molecular weight excluding hydrogens is 590 g/mol. The minimum Gasteiger partial charge on any atom is -0.468 e. The van der Waals surface area contributed by atoms with Crippen LogP contribution in [0.1, 0.15) is 73.6 Å². The molecule has 2 aliphatic heterocycles. The number of esters is 1. The van der Waals surface area contributed by atoms with Crippen molar-refractivity contribution in [3.63, 3.8) is 0 Å². The van der Waals surface area contributed by atoms with Gasteiger partial charge in [0, 0.05) is 19.3 Å². The minimum absolute atomic E-state index is 0.0472. The summed E-state index contributed by atoms with van der Waals surface area (Å²) in [4.78, 5) is 48.2. The highest BCUT2D eigenvalue weighted by atomic mass is 32.1. The summed E-state index contributed by atoms with van der Waals surface area (Å²) in [6.45, 7) is 22.8. The molecule has 2 unspecified atom stereocenters. The van der Waals surface area contributed by atoms with Crippen molar-refractivity contribution in [2.24, 2.45) is 0 Å². The minimum atomic E-state index is -1.90. The molecule has 2 aliphatic rings. The van der Waals surface area contributed by atoms with Gasteiger partial charge in [0.1, 0.15) is 17.8 Å². The van der Waals surface area contributed by atoms with E-state index < -0.39 is 49.8 Å². The van der Waals surface area contributed by atoms with Crippen LogP contribution in [0.2, 0.25) is 18.1 Å². The highest BCUT2D eigenvalue weighted by Gasteiger charge is 2.50. The Balaban J connectivity index is 1.92. The summed E-state index contributed by atoms with van der Waals surface area (Å²) in [5, 5.41) is 0.560. The topological polar surface area (TPSA) is 117 Å². The summed E-state index contributed by atoms with van der Waals surface area (Å²) < 4.78 is 28.7. The standard InChI is InChI=1S/C30H49N3O8SSi/c1-28(2,3)40-26(35)32-17-19-15-20(22-16-31-25(42-22)38-13-14-39-43(11,12)30(7,8)9)23(24(34)37-10)21(18-32)33(19)27(36)41-29(4,5)6/h16,19,21H,13-15,17-18H2,1-12H3. The maximum atomic E-state index is 13.5. The van der Waals surface area contributed by atoms with Crippen molar-refractivity contribution >= 4 is 43.4 Å². The Morgan fingerprint density at radius 2 is 1.56 bits per heavy atom. The molecule has 1 fully saturated rings. The van der Waals surface area contributed by atoms with Crippen LogP contribution in [0.25, 0.3) is 5.57 Å². The van der Waals surface area contributed by atoms with Crippen LogP contribution in [0.4, 0.5) is 9.59 Å². The van der Waals surface area contributed by atoms with E-state index >= 15 is 0 Å². The van der Waals surface area contributed by atoms with Crippen LogP contribution in [-0.4, -0.2) is 98.0 Å². The van der Waals surface area contributed by atoms with Crippen LogP contribution in [-0.2, 0) is 23.4 Å². The molecule has 2 amide bonds. The molecule has 11 nitrogen and oxygen atoms in total. The number of hydrogen-bond acceptors (Lipinski definition) is 10. The Bertz CT molecular complexity index is 1230. The molecule has 43 heavy (non-hydrogen) atoms. The second-order valence-electron chi connectivity index (χ2n) is 14.5. The Hall–Kier alpha value is -2.64. The van der Waals surface area contributed by atoms with Crippen molar-refractivity contribution in [3.05, 3.63) is 16.6 Å². The van der Waals surface area contributed by atoms with Gasteiger partial charge in [-0.1, -0.05) is 32.1 Å². The number of carbonyl (C=O) groups is 3. The van der Waals surface area contributed by atoms with Crippen molar-refractivity contribution < 1.29 is 37.8 Å². The van der Waals surface area contributed by atoms with Crippen molar-refractivity contribution in [3.8, 4) is 5.19 Å². The van der Waals surface area contributed by atoms with Crippen molar-refractivity contribution in [2.45, 2.75) is 110 Å². The second-order valence-corrected chi connectivity index (χ2v) is 20.3. The fourth-order valence-electron chi connectivity index (χ4n) is 4.68. The number of methoxy groups -OCH3 is 1. The number of nitrogens with zero attached hydrogens (tertiary/aromatic N) is 3. The Morgan fingerprint density at radius 3 is 2.12 bits per heavy atom. The lowest BCUT2D eigenvalue weighted by molar-refractivity contribution is -0.137. The molecule has 13 heteroatoms. The van der Waals surface area contributed by atoms with Gasteiger partial charge in [-0.25, -0.2) is 19.4 Å². The number of fused-ring (bicyclic) bond motifs is 2. The molecule has 1 aromatic heterocycles. The molecule has 0 aromatic carbocycles. The van der Waals surface area contributed by atoms with Gasteiger partial charge in [0.2, 0.25) is 0 Å². The van der Waals surface area contributed by atoms with E-state index in [0.717, 1.165) is 10.5 Å². The Labute approximate surface area is 261 Å². The first-order valence-electron chi connectivity index (χ1n) is 14.7. The molecule has 3 rings (SSSR count). The maximum Gasteiger partial charge on any atom is 0.411 e. The molecule has 0 N–H and O–H groups in total. The molecule has 0 saturated carbocycles. The van der Waals surface area contributed by atoms with E-state index in [9.17, 15) is 14.4 Å². The first-order valence-corrected chi connectivity index (χ1v) is 18.4. The third-order valence-electron chi connectivity index (χ3n) is 7.67. The Morgan fingerprint density at radius 1 is 0.953 bits per heavy atom. The highest BCUT2D eigenvalue weighted by molar-refractivity contribution is 7.14. The fraction of sp³-hybridized carbons (Fsp3) is 0.733. The van der Waals surface area contributed by atoms with E-state index in [2.05, 4.69) is 38.8 Å². The first-order chi connectivity index (χ1) is 19.6. The predicted octanol–water partition coefficient (Wildman–Crippen LogP) is 6.10. The second kappa shape index (κ2) is 12.8. The SMILES string of the molecule is COC(=O)C1=C(c2cnc(OCCO[Si](C)(C)C(C)(C)C)s2)CC2CN(C(=O)OC(C)(C)C)CC1N2C(=O)OC(C)(C)C. The third kappa shape index (κ3) is 8.72. The number of hydrogen-bond donors (Lipinski definition) is 0. The van der Waals surface area contributed by atoms with Gasteiger partial charge in [0.25, 0.3) is 5.19 Å². The molecule has 3 heterocycles. The van der Waals surface area contributed by atoms with Crippen LogP contribution in [0.15, 0.2) is 11.8 Å². The number of ether oxygens (including phenoxy) is 4. The molecule has 242 valence electrons. The lowest BCUT2D eigenvalue weighted by Crippen LogP contribution is -2.65. The smallest absolute Gasteiger partial charge is 0.411 e. The zero-order valence-electron chi connectivity index (χ0n) is 27.8. The van der Waals surface area contributed by atoms with E-state index in [4.69, 9.17) is 23.4 Å². The molecule has 1 aromatic rings. The lowest BCUT2D eigenvalue weighted by atomic mass is 9.84. The van der Waals surface area contributed by atoms with Gasteiger partial charge in [-0.05, 0) is 71.7 Å². The lowest BCUT2D eigenvalue weighted by Gasteiger charge is -2.50. The van der Waals surface area contributed by atoms with Crippen molar-refractivity contribution in [1.29, 1.82) is 0 Å². The summed E-state index contributed by atoms with van der Waals surface area (Å²) in [6.07, 6.45) is 0.904. The van der Waals surface area contributed by atoms with Crippen LogP contribution in [0.5, 0.6) is 5.19 Å². The number of amides is 2. The summed E-state index contributed by atoms with van der Waals surface area (Å²) in [5.41, 5.74) is -0.441. The molecular formula is C30H49N3O8SSi. The summed E-state index contributed by atoms with van der Waals surface area (Å²) in [7, 11) is -0.597. The van der Waals surface area contributed by atoms with Gasteiger partial charge in [0.05, 0.1) is 36.3 Å². The average molecular weight is 640 g/mol. The molecule has 2 atom stereocenters. The number of carbonyl (C=O) groups excluding carboxylic acids is 3. The van der Waals surface area contributed by atoms with Crippen LogP contribution in [0.3, 0.4) is 0 Å². The zero-order valence-corrected chi connectivity index (χ0v) is 29.6. The van der Waals surface area contributed by atoms with Crippen molar-refractivity contribution in [1.82, 2.24) is 14.8 Å². The van der Waals surface area contributed by atoms with Gasteiger partial charge in [0.15, 0.2) is 8.32 Å². The molecule has 0 aliphatic carbocycles. The zero-order chi connectivity index (χ0) is 32.5. The predicted molar refractivity (Wildman–Crippen MR) is 168 cm³/mol. The highest BCUT2D eigenvalue weighted by Crippen LogP contribution is 2.42. The molecule has 0 radical (unpaired) electrons. The van der Waals surface area contributed by atoms with Crippen LogP contribution in [0, 0.1) is 0 Å². The molecule has 1 saturated heterocycles. The number of piperazine rings is 1. The number of thiazole rings is 1. The van der Waals surface area contributed by atoms with Crippen molar-refractivity contribution in [2.75, 3.05) is 33.4 Å². The van der Waals surface area contributed by atoms with E-state index in [1.54, 1.807) is 57.5 Å². The van der Waals surface area contributed by atoms with Gasteiger partial charge in [-0.3, -0.25) is 4.90 Å².